The molecule has 0 spiro atoms. The maximum absolute atomic E-state index is 6.09. The Morgan fingerprint density at radius 2 is 1.68 bits per heavy atom. The Balaban J connectivity index is 1.57. The van der Waals surface area contributed by atoms with Crippen LogP contribution in [0.3, 0.4) is 0 Å². The molecule has 140 valence electrons. The summed E-state index contributed by atoms with van der Waals surface area (Å²) in [4.78, 5) is 0. The van der Waals surface area contributed by atoms with Gasteiger partial charge in [0.05, 0.1) is 12.2 Å². The zero-order valence-corrected chi connectivity index (χ0v) is 16.4. The number of rotatable bonds is 3. The van der Waals surface area contributed by atoms with Gasteiger partial charge < -0.3 is 5.32 Å². The van der Waals surface area contributed by atoms with Crippen molar-refractivity contribution in [2.75, 3.05) is 13.1 Å². The van der Waals surface area contributed by atoms with Crippen molar-refractivity contribution in [1.82, 2.24) is 15.1 Å². The van der Waals surface area contributed by atoms with Crippen molar-refractivity contribution in [3.05, 3.63) is 88.6 Å². The van der Waals surface area contributed by atoms with Gasteiger partial charge in [-0.2, -0.15) is 5.10 Å². The number of halogens is 1. The lowest BCUT2D eigenvalue weighted by atomic mass is 10.0. The fourth-order valence-corrected chi connectivity index (χ4v) is 4.23. The maximum atomic E-state index is 6.09. The monoisotopic (exact) mass is 387 g/mol. The molecule has 0 unspecified atom stereocenters. The molecule has 1 aromatic heterocycles. The molecule has 0 amide bonds. The predicted octanol–water partition coefficient (Wildman–Crippen LogP) is 5.09. The normalized spacial score (nSPS) is 14.0. The Morgan fingerprint density at radius 1 is 0.893 bits per heavy atom. The summed E-state index contributed by atoms with van der Waals surface area (Å²) in [6.07, 6.45) is 2.01. The fourth-order valence-electron chi connectivity index (χ4n) is 4.10. The Hall–Kier alpha value is -2.62. The van der Waals surface area contributed by atoms with E-state index < -0.39 is 0 Å². The molecule has 0 bridgehead atoms. The molecule has 28 heavy (non-hydrogen) atoms. The van der Waals surface area contributed by atoms with Gasteiger partial charge in [0.1, 0.15) is 0 Å². The van der Waals surface area contributed by atoms with E-state index >= 15 is 0 Å². The summed E-state index contributed by atoms with van der Waals surface area (Å²) in [5.74, 6) is 0. The lowest BCUT2D eigenvalue weighted by Crippen LogP contribution is -2.17. The molecule has 0 saturated heterocycles. The molecule has 0 aliphatic carbocycles. The number of nitrogens with zero attached hydrogens (tertiary/aromatic N) is 2. The topological polar surface area (TPSA) is 29.9 Å². The molecular weight excluding hydrogens is 366 g/mol. The molecule has 4 heteroatoms. The minimum Gasteiger partial charge on any atom is -0.316 e. The third-order valence-corrected chi connectivity index (χ3v) is 5.77. The summed E-state index contributed by atoms with van der Waals surface area (Å²) in [5, 5.41) is 11.9. The van der Waals surface area contributed by atoms with Gasteiger partial charge in [0, 0.05) is 34.8 Å². The zero-order valence-electron chi connectivity index (χ0n) is 15.7. The molecular formula is C24H22ClN3. The van der Waals surface area contributed by atoms with Crippen LogP contribution in [0.5, 0.6) is 0 Å². The van der Waals surface area contributed by atoms with Gasteiger partial charge in [-0.1, -0.05) is 60.1 Å². The third kappa shape index (κ3) is 3.32. The largest absolute Gasteiger partial charge is 0.316 e. The van der Waals surface area contributed by atoms with E-state index in [1.165, 1.54) is 27.6 Å². The van der Waals surface area contributed by atoms with Crippen molar-refractivity contribution < 1.29 is 0 Å². The second-order valence-electron chi connectivity index (χ2n) is 7.37. The van der Waals surface area contributed by atoms with Crippen molar-refractivity contribution in [2.24, 2.45) is 0 Å². The molecule has 2 heterocycles. The van der Waals surface area contributed by atoms with Gasteiger partial charge in [0.15, 0.2) is 0 Å². The second kappa shape index (κ2) is 7.42. The van der Waals surface area contributed by atoms with Gasteiger partial charge in [-0.25, -0.2) is 0 Å². The van der Waals surface area contributed by atoms with Crippen LogP contribution in [0.2, 0.25) is 5.02 Å². The van der Waals surface area contributed by atoms with E-state index in [1.54, 1.807) is 0 Å². The molecule has 0 fully saturated rings. The van der Waals surface area contributed by atoms with Crippen LogP contribution in [0.15, 0.2) is 66.7 Å². The molecule has 0 radical (unpaired) electrons. The molecule has 3 nitrogen and oxygen atoms in total. The molecule has 4 aromatic rings. The van der Waals surface area contributed by atoms with Crippen molar-refractivity contribution in [1.29, 1.82) is 0 Å². The number of benzene rings is 3. The summed E-state index contributed by atoms with van der Waals surface area (Å²) in [7, 11) is 0. The highest BCUT2D eigenvalue weighted by molar-refractivity contribution is 6.30. The average Bonchev–Trinajstić information content (AvgIpc) is 2.90. The summed E-state index contributed by atoms with van der Waals surface area (Å²) in [6.45, 7) is 2.78. The van der Waals surface area contributed by atoms with Crippen LogP contribution in [0, 0.1) is 0 Å². The number of aromatic nitrogens is 2. The fraction of sp³-hybridized carbons (Fsp3) is 0.208. The van der Waals surface area contributed by atoms with Gasteiger partial charge in [0.2, 0.25) is 0 Å². The Bertz CT molecular complexity index is 1130. The van der Waals surface area contributed by atoms with E-state index in [2.05, 4.69) is 64.6 Å². The molecule has 0 saturated carbocycles. The first-order valence-electron chi connectivity index (χ1n) is 9.81. The minimum atomic E-state index is 0.757. The quantitative estimate of drug-likeness (QED) is 0.530. The smallest absolute Gasteiger partial charge is 0.0958 e. The SMILES string of the molecule is Clc1ccc(-c2nn(Cc3ccc4ccccc4c3)c3c2CCNCC3)cc1. The second-order valence-corrected chi connectivity index (χ2v) is 7.81. The lowest BCUT2D eigenvalue weighted by Gasteiger charge is -2.09. The Kier molecular flexibility index (Phi) is 4.63. The van der Waals surface area contributed by atoms with Crippen LogP contribution in [0.4, 0.5) is 0 Å². The van der Waals surface area contributed by atoms with E-state index in [4.69, 9.17) is 16.7 Å². The summed E-state index contributed by atoms with van der Waals surface area (Å²) in [5.41, 5.74) is 6.23. The molecule has 1 aliphatic heterocycles. The number of hydrogen-bond donors (Lipinski definition) is 1. The van der Waals surface area contributed by atoms with E-state index in [-0.39, 0.29) is 0 Å². The summed E-state index contributed by atoms with van der Waals surface area (Å²) >= 11 is 6.09. The first-order chi connectivity index (χ1) is 13.8. The minimum absolute atomic E-state index is 0.757. The van der Waals surface area contributed by atoms with Crippen molar-refractivity contribution in [3.63, 3.8) is 0 Å². The first-order valence-corrected chi connectivity index (χ1v) is 10.2. The first kappa shape index (κ1) is 17.5. The standard InChI is InChI=1S/C24H22ClN3/c25-21-9-7-19(8-10-21)24-22-11-13-26-14-12-23(22)28(27-24)16-17-5-6-18-3-1-2-4-20(18)15-17/h1-10,15,26H,11-14,16H2. The highest BCUT2D eigenvalue weighted by Crippen LogP contribution is 2.29. The molecule has 1 N–H and O–H groups in total. The van der Waals surface area contributed by atoms with Gasteiger partial charge >= 0.3 is 0 Å². The van der Waals surface area contributed by atoms with Gasteiger partial charge in [-0.15, -0.1) is 0 Å². The van der Waals surface area contributed by atoms with Crippen LogP contribution in [-0.2, 0) is 19.4 Å². The van der Waals surface area contributed by atoms with Crippen molar-refractivity contribution >= 4 is 22.4 Å². The third-order valence-electron chi connectivity index (χ3n) is 5.52. The number of nitrogens with one attached hydrogen (secondary N) is 1. The van der Waals surface area contributed by atoms with Crippen LogP contribution in [0.25, 0.3) is 22.0 Å². The van der Waals surface area contributed by atoms with Gasteiger partial charge in [0.25, 0.3) is 0 Å². The molecule has 5 rings (SSSR count). The number of fused-ring (bicyclic) bond motifs is 2. The van der Waals surface area contributed by atoms with E-state index in [9.17, 15) is 0 Å². The van der Waals surface area contributed by atoms with Crippen LogP contribution < -0.4 is 5.32 Å². The molecule has 1 aliphatic rings. The van der Waals surface area contributed by atoms with E-state index in [0.29, 0.717) is 0 Å². The van der Waals surface area contributed by atoms with Gasteiger partial charge in [-0.3, -0.25) is 4.68 Å². The lowest BCUT2D eigenvalue weighted by molar-refractivity contribution is 0.629. The van der Waals surface area contributed by atoms with Crippen molar-refractivity contribution in [3.8, 4) is 11.3 Å². The van der Waals surface area contributed by atoms with Crippen molar-refractivity contribution in [2.45, 2.75) is 19.4 Å². The summed E-state index contributed by atoms with van der Waals surface area (Å²) < 4.78 is 2.20. The molecule has 3 aromatic carbocycles. The summed E-state index contributed by atoms with van der Waals surface area (Å²) in [6, 6.07) is 23.2. The zero-order chi connectivity index (χ0) is 18.9. The Morgan fingerprint density at radius 3 is 2.54 bits per heavy atom. The van der Waals surface area contributed by atoms with E-state index in [0.717, 1.165) is 48.8 Å². The van der Waals surface area contributed by atoms with Crippen LogP contribution >= 0.6 is 11.6 Å². The maximum Gasteiger partial charge on any atom is 0.0958 e. The highest BCUT2D eigenvalue weighted by atomic mass is 35.5. The van der Waals surface area contributed by atoms with E-state index in [1.807, 2.05) is 12.1 Å². The van der Waals surface area contributed by atoms with Crippen LogP contribution in [-0.4, -0.2) is 22.9 Å². The Labute approximate surface area is 170 Å². The predicted molar refractivity (Wildman–Crippen MR) is 116 cm³/mol. The highest BCUT2D eigenvalue weighted by Gasteiger charge is 2.20. The molecule has 0 atom stereocenters. The van der Waals surface area contributed by atoms with Crippen LogP contribution in [0.1, 0.15) is 16.8 Å². The number of hydrogen-bond acceptors (Lipinski definition) is 2. The average molecular weight is 388 g/mol. The van der Waals surface area contributed by atoms with Gasteiger partial charge in [-0.05, 0) is 47.5 Å².